The highest BCUT2D eigenvalue weighted by Crippen LogP contribution is 2.42. The normalized spacial score (nSPS) is 11.1. The van der Waals surface area contributed by atoms with E-state index in [1.54, 1.807) is 12.1 Å². The van der Waals surface area contributed by atoms with Gasteiger partial charge in [-0.05, 0) is 23.3 Å². The van der Waals surface area contributed by atoms with Gasteiger partial charge in [0.25, 0.3) is 0 Å². The molecule has 0 amide bonds. The molecule has 0 bridgehead atoms. The molecule has 0 fully saturated rings. The molecule has 0 saturated heterocycles. The summed E-state index contributed by atoms with van der Waals surface area (Å²) in [5.41, 5.74) is 1.90. The van der Waals surface area contributed by atoms with Crippen LogP contribution in [0.5, 0.6) is 5.75 Å². The van der Waals surface area contributed by atoms with Gasteiger partial charge < -0.3 is 19.3 Å². The van der Waals surface area contributed by atoms with E-state index in [-0.39, 0.29) is 0 Å². The van der Waals surface area contributed by atoms with Gasteiger partial charge in [-0.2, -0.15) is 0 Å². The Morgan fingerprint density at radius 2 is 0.967 bits per heavy atom. The maximum atomic E-state index is 14.3. The fourth-order valence-corrected chi connectivity index (χ4v) is 6.08. The third-order valence-electron chi connectivity index (χ3n) is 4.90. The monoisotopic (exact) mass is 414 g/mol. The molecule has 4 rings (SSSR count). The maximum absolute atomic E-state index is 14.3. The van der Waals surface area contributed by atoms with Crippen molar-refractivity contribution in [1.29, 1.82) is 0 Å². The van der Waals surface area contributed by atoms with Gasteiger partial charge in [0.05, 0.1) is 0 Å². The van der Waals surface area contributed by atoms with E-state index >= 15 is 0 Å². The first-order valence-electron chi connectivity index (χ1n) is 9.52. The highest BCUT2D eigenvalue weighted by molar-refractivity contribution is 7.85. The first-order chi connectivity index (χ1) is 14.6. The third-order valence-corrected chi connectivity index (χ3v) is 7.98. The minimum Gasteiger partial charge on any atom is -0.512 e. The quantitative estimate of drug-likeness (QED) is 0.375. The molecule has 6 heteroatoms. The van der Waals surface area contributed by atoms with Crippen molar-refractivity contribution < 1.29 is 19.3 Å². The van der Waals surface area contributed by atoms with Crippen LogP contribution >= 0.6 is 7.14 Å². The van der Waals surface area contributed by atoms with Crippen LogP contribution in [0.4, 0.5) is 0 Å². The van der Waals surface area contributed by atoms with E-state index in [2.05, 4.69) is 0 Å². The average molecular weight is 414 g/mol. The van der Waals surface area contributed by atoms with E-state index in [1.165, 1.54) is 0 Å². The van der Waals surface area contributed by atoms with Gasteiger partial charge >= 0.3 is 7.32 Å². The van der Waals surface area contributed by atoms with Gasteiger partial charge in [0, 0.05) is 15.9 Å². The van der Waals surface area contributed by atoms with Crippen molar-refractivity contribution >= 4 is 30.4 Å². The van der Waals surface area contributed by atoms with Crippen LogP contribution in [0.3, 0.4) is 0 Å². The molecule has 0 saturated carbocycles. The standard InChI is InChI=1S/C24H20BO4P/c26-25(27)29-21-15-11-19(12-16-21)20-13-17-24(18-14-20)30(28,22-7-3-1-4-8-22)23-9-5-2-6-10-23/h1-18,26-27H. The van der Waals surface area contributed by atoms with E-state index in [9.17, 15) is 4.57 Å². The lowest BCUT2D eigenvalue weighted by Gasteiger charge is -2.20. The van der Waals surface area contributed by atoms with Crippen molar-refractivity contribution in [3.8, 4) is 16.9 Å². The van der Waals surface area contributed by atoms with Crippen LogP contribution < -0.4 is 20.6 Å². The smallest absolute Gasteiger partial charge is 0.512 e. The molecule has 30 heavy (non-hydrogen) atoms. The number of benzene rings is 4. The van der Waals surface area contributed by atoms with Crippen molar-refractivity contribution in [3.05, 3.63) is 109 Å². The molecule has 0 unspecified atom stereocenters. The highest BCUT2D eigenvalue weighted by Gasteiger charge is 2.29. The predicted octanol–water partition coefficient (Wildman–Crippen LogP) is 3.34. The van der Waals surface area contributed by atoms with Crippen molar-refractivity contribution in [2.24, 2.45) is 0 Å². The maximum Gasteiger partial charge on any atom is 0.707 e. The largest absolute Gasteiger partial charge is 0.707 e. The molecule has 4 nitrogen and oxygen atoms in total. The summed E-state index contributed by atoms with van der Waals surface area (Å²) < 4.78 is 19.2. The van der Waals surface area contributed by atoms with E-state index < -0.39 is 14.5 Å². The van der Waals surface area contributed by atoms with Crippen molar-refractivity contribution in [2.75, 3.05) is 0 Å². The lowest BCUT2D eigenvalue weighted by molar-refractivity contribution is 0.288. The van der Waals surface area contributed by atoms with Crippen molar-refractivity contribution in [2.45, 2.75) is 0 Å². The molecule has 0 heterocycles. The Morgan fingerprint density at radius 3 is 1.40 bits per heavy atom. The summed E-state index contributed by atoms with van der Waals surface area (Å²) in [5, 5.41) is 20.2. The molecule has 0 radical (unpaired) electrons. The summed E-state index contributed by atoms with van der Waals surface area (Å²) in [6, 6.07) is 33.9. The summed E-state index contributed by atoms with van der Waals surface area (Å²) >= 11 is 0. The topological polar surface area (TPSA) is 66.8 Å². The molecular formula is C24H20BO4P. The van der Waals surface area contributed by atoms with E-state index in [4.69, 9.17) is 14.7 Å². The summed E-state index contributed by atoms with van der Waals surface area (Å²) in [6.07, 6.45) is 0. The molecule has 0 aliphatic carbocycles. The number of hydrogen-bond donors (Lipinski definition) is 2. The van der Waals surface area contributed by atoms with Crippen LogP contribution in [0.25, 0.3) is 11.1 Å². The van der Waals surface area contributed by atoms with E-state index in [0.29, 0.717) is 5.75 Å². The zero-order valence-electron chi connectivity index (χ0n) is 16.1. The third kappa shape index (κ3) is 4.10. The number of rotatable bonds is 6. The Balaban J connectivity index is 1.71. The second-order valence-corrected chi connectivity index (χ2v) is 9.56. The molecule has 0 spiro atoms. The van der Waals surface area contributed by atoms with Gasteiger partial charge in [0.2, 0.25) is 0 Å². The highest BCUT2D eigenvalue weighted by atomic mass is 31.2. The van der Waals surface area contributed by atoms with Gasteiger partial charge in [-0.1, -0.05) is 97.1 Å². The summed E-state index contributed by atoms with van der Waals surface area (Å²) in [5.74, 6) is 0.364. The second kappa shape index (κ2) is 8.72. The molecule has 2 N–H and O–H groups in total. The number of hydrogen-bond acceptors (Lipinski definition) is 4. The molecule has 148 valence electrons. The molecule has 0 aliphatic rings. The first kappa shape index (κ1) is 20.2. The molecule has 0 aliphatic heterocycles. The summed E-state index contributed by atoms with van der Waals surface area (Å²) in [6.45, 7) is 0. The Morgan fingerprint density at radius 1 is 0.567 bits per heavy atom. The molecule has 4 aromatic rings. The fraction of sp³-hybridized carbons (Fsp3) is 0. The van der Waals surface area contributed by atoms with E-state index in [1.807, 2.05) is 97.1 Å². The van der Waals surface area contributed by atoms with Crippen molar-refractivity contribution in [1.82, 2.24) is 0 Å². The van der Waals surface area contributed by atoms with Gasteiger partial charge in [-0.15, -0.1) is 0 Å². The Kier molecular flexibility index (Phi) is 5.87. The van der Waals surface area contributed by atoms with Crippen LogP contribution in [0.2, 0.25) is 0 Å². The molecule has 4 aromatic carbocycles. The Hall–Kier alpha value is -3.11. The van der Waals surface area contributed by atoms with Crippen LogP contribution in [-0.2, 0) is 4.57 Å². The second-order valence-electron chi connectivity index (χ2n) is 6.80. The molecule has 0 aromatic heterocycles. The predicted molar refractivity (Wildman–Crippen MR) is 122 cm³/mol. The SMILES string of the molecule is O=P(c1ccccc1)(c1ccccc1)c1ccc(-c2ccc(OB(O)O)cc2)cc1. The molecule has 0 atom stereocenters. The Bertz CT molecular complexity index is 1100. The zero-order valence-corrected chi connectivity index (χ0v) is 17.0. The fourth-order valence-electron chi connectivity index (χ4n) is 3.43. The van der Waals surface area contributed by atoms with Crippen LogP contribution in [0.1, 0.15) is 0 Å². The van der Waals surface area contributed by atoms with Gasteiger partial charge in [-0.3, -0.25) is 0 Å². The molecular weight excluding hydrogens is 394 g/mol. The van der Waals surface area contributed by atoms with Gasteiger partial charge in [-0.25, -0.2) is 0 Å². The van der Waals surface area contributed by atoms with E-state index in [0.717, 1.165) is 27.0 Å². The average Bonchev–Trinajstić information content (AvgIpc) is 2.80. The summed E-state index contributed by atoms with van der Waals surface area (Å²) in [4.78, 5) is 0. The van der Waals surface area contributed by atoms with Crippen LogP contribution in [0, 0.1) is 0 Å². The van der Waals surface area contributed by atoms with Crippen LogP contribution in [-0.4, -0.2) is 17.4 Å². The van der Waals surface area contributed by atoms with Crippen molar-refractivity contribution in [3.63, 3.8) is 0 Å². The minimum atomic E-state index is -2.99. The summed E-state index contributed by atoms with van der Waals surface area (Å²) in [7, 11) is -4.83. The minimum absolute atomic E-state index is 0.364. The first-order valence-corrected chi connectivity index (χ1v) is 11.2. The van der Waals surface area contributed by atoms with Gasteiger partial charge in [0.1, 0.15) is 5.75 Å². The Labute approximate surface area is 176 Å². The zero-order chi connectivity index (χ0) is 21.0. The lowest BCUT2D eigenvalue weighted by atomic mass is 10.1. The lowest BCUT2D eigenvalue weighted by Crippen LogP contribution is -2.24. The van der Waals surface area contributed by atoms with Gasteiger partial charge in [0.15, 0.2) is 7.14 Å². The van der Waals surface area contributed by atoms with Crippen LogP contribution in [0.15, 0.2) is 109 Å².